The highest BCUT2D eigenvalue weighted by atomic mass is 79.9. The van der Waals surface area contributed by atoms with E-state index in [1.807, 2.05) is 0 Å². The van der Waals surface area contributed by atoms with Gasteiger partial charge in [0.15, 0.2) is 0 Å². The van der Waals surface area contributed by atoms with Crippen molar-refractivity contribution >= 4 is 33.0 Å². The van der Waals surface area contributed by atoms with Gasteiger partial charge in [-0.3, -0.25) is 4.79 Å². The Balaban J connectivity index is 2.48. The molecule has 100 valence electrons. The first-order valence-corrected chi connectivity index (χ1v) is 6.93. The molecule has 0 fully saturated rings. The number of aryl methyl sites for hydroxylation is 1. The van der Waals surface area contributed by atoms with Crippen molar-refractivity contribution < 1.29 is 18.0 Å². The van der Waals surface area contributed by atoms with Crippen LogP contribution >= 0.6 is 27.3 Å². The number of hydrogen-bond acceptors (Lipinski definition) is 2. The van der Waals surface area contributed by atoms with Crippen LogP contribution in [0.25, 0.3) is 0 Å². The topological polar surface area (TPSA) is 17.1 Å². The third kappa shape index (κ3) is 2.90. The van der Waals surface area contributed by atoms with Gasteiger partial charge in [0.1, 0.15) is 0 Å². The number of ketones is 1. The minimum atomic E-state index is -4.49. The number of hydrogen-bond donors (Lipinski definition) is 0. The number of halogens is 4. The van der Waals surface area contributed by atoms with Gasteiger partial charge >= 0.3 is 6.18 Å². The van der Waals surface area contributed by atoms with Gasteiger partial charge in [-0.05, 0) is 42.1 Å². The Bertz CT molecular complexity index is 631. The maximum atomic E-state index is 12.8. The summed E-state index contributed by atoms with van der Waals surface area (Å²) in [5.74, 6) is -0.384. The van der Waals surface area contributed by atoms with Gasteiger partial charge in [0, 0.05) is 10.0 Å². The third-order valence-corrected chi connectivity index (χ3v) is 4.31. The van der Waals surface area contributed by atoms with Crippen LogP contribution in [0.4, 0.5) is 13.2 Å². The number of benzene rings is 1. The van der Waals surface area contributed by atoms with E-state index in [0.29, 0.717) is 4.88 Å². The number of rotatable bonds is 2. The molecule has 0 aliphatic rings. The molecule has 0 atom stereocenters. The van der Waals surface area contributed by atoms with Crippen molar-refractivity contribution in [3.05, 3.63) is 55.7 Å². The lowest BCUT2D eigenvalue weighted by Crippen LogP contribution is -2.09. The highest BCUT2D eigenvalue weighted by Crippen LogP contribution is 2.36. The fourth-order valence-corrected chi connectivity index (χ4v) is 2.98. The van der Waals surface area contributed by atoms with Gasteiger partial charge in [-0.2, -0.15) is 13.2 Å². The second kappa shape index (κ2) is 5.09. The summed E-state index contributed by atoms with van der Waals surface area (Å²) in [6.07, 6.45) is -4.49. The predicted octanol–water partition coefficient (Wildman–Crippen LogP) is 5.07. The summed E-state index contributed by atoms with van der Waals surface area (Å²) in [5.41, 5.74) is -0.0277. The molecule has 0 spiro atoms. The van der Waals surface area contributed by atoms with Gasteiger partial charge < -0.3 is 0 Å². The Hall–Kier alpha value is -1.14. The molecule has 0 saturated carbocycles. The molecule has 0 radical (unpaired) electrons. The van der Waals surface area contributed by atoms with E-state index in [1.54, 1.807) is 18.4 Å². The zero-order chi connectivity index (χ0) is 14.2. The molecule has 1 nitrogen and oxygen atoms in total. The van der Waals surface area contributed by atoms with Crippen LogP contribution in [0.3, 0.4) is 0 Å². The van der Waals surface area contributed by atoms with Crippen LogP contribution in [0.2, 0.25) is 0 Å². The number of carbonyl (C=O) groups is 1. The standard InChI is InChI=1S/C13H8BrF3OS/c1-7-4-5-19-12(7)11(18)8-2-3-10(14)9(6-8)13(15,16)17/h2-6H,1H3. The van der Waals surface area contributed by atoms with Crippen LogP contribution in [0, 0.1) is 6.92 Å². The van der Waals surface area contributed by atoms with Gasteiger partial charge in [-0.15, -0.1) is 11.3 Å². The van der Waals surface area contributed by atoms with E-state index in [-0.39, 0.29) is 15.8 Å². The van der Waals surface area contributed by atoms with Crippen LogP contribution < -0.4 is 0 Å². The molecule has 0 N–H and O–H groups in total. The van der Waals surface area contributed by atoms with Crippen molar-refractivity contribution in [1.29, 1.82) is 0 Å². The van der Waals surface area contributed by atoms with Gasteiger partial charge in [-0.25, -0.2) is 0 Å². The van der Waals surface area contributed by atoms with Crippen LogP contribution in [0.15, 0.2) is 34.1 Å². The molecule has 0 saturated heterocycles. The average molecular weight is 349 g/mol. The molecule has 19 heavy (non-hydrogen) atoms. The monoisotopic (exact) mass is 348 g/mol. The van der Waals surface area contributed by atoms with Crippen molar-refractivity contribution in [3.63, 3.8) is 0 Å². The van der Waals surface area contributed by atoms with E-state index in [1.165, 1.54) is 23.5 Å². The third-order valence-electron chi connectivity index (χ3n) is 2.60. The first kappa shape index (κ1) is 14.3. The van der Waals surface area contributed by atoms with Gasteiger partial charge in [0.2, 0.25) is 5.78 Å². The quantitative estimate of drug-likeness (QED) is 0.692. The highest BCUT2D eigenvalue weighted by molar-refractivity contribution is 9.10. The largest absolute Gasteiger partial charge is 0.417 e. The maximum absolute atomic E-state index is 12.8. The summed E-state index contributed by atoms with van der Waals surface area (Å²) in [7, 11) is 0. The summed E-state index contributed by atoms with van der Waals surface area (Å²) >= 11 is 4.08. The Morgan fingerprint density at radius 2 is 1.95 bits per heavy atom. The molecule has 0 aliphatic carbocycles. The second-order valence-electron chi connectivity index (χ2n) is 3.95. The van der Waals surface area contributed by atoms with Crippen molar-refractivity contribution in [2.24, 2.45) is 0 Å². The minimum absolute atomic E-state index is 0.0427. The molecule has 1 aromatic carbocycles. The molecule has 2 aromatic rings. The fraction of sp³-hybridized carbons (Fsp3) is 0.154. The number of thiophene rings is 1. The fourth-order valence-electron chi connectivity index (χ4n) is 1.62. The summed E-state index contributed by atoms with van der Waals surface area (Å²) in [4.78, 5) is 12.6. The number of alkyl halides is 3. The molecular formula is C13H8BrF3OS. The Kier molecular flexibility index (Phi) is 3.82. The van der Waals surface area contributed by atoms with E-state index in [2.05, 4.69) is 15.9 Å². The van der Waals surface area contributed by atoms with Crippen LogP contribution in [0.5, 0.6) is 0 Å². The molecule has 2 rings (SSSR count). The van der Waals surface area contributed by atoms with E-state index < -0.39 is 11.7 Å². The predicted molar refractivity (Wildman–Crippen MR) is 71.6 cm³/mol. The van der Waals surface area contributed by atoms with Crippen molar-refractivity contribution in [1.82, 2.24) is 0 Å². The lowest BCUT2D eigenvalue weighted by molar-refractivity contribution is -0.138. The molecule has 6 heteroatoms. The zero-order valence-electron chi connectivity index (χ0n) is 9.72. The zero-order valence-corrected chi connectivity index (χ0v) is 12.1. The van der Waals surface area contributed by atoms with Crippen molar-refractivity contribution in [2.75, 3.05) is 0 Å². The summed E-state index contributed by atoms with van der Waals surface area (Å²) in [6, 6.07) is 5.28. The smallest absolute Gasteiger partial charge is 0.288 e. The minimum Gasteiger partial charge on any atom is -0.288 e. The first-order chi connectivity index (χ1) is 8.80. The maximum Gasteiger partial charge on any atom is 0.417 e. The second-order valence-corrected chi connectivity index (χ2v) is 5.72. The lowest BCUT2D eigenvalue weighted by atomic mass is 10.0. The van der Waals surface area contributed by atoms with E-state index in [0.717, 1.165) is 11.6 Å². The van der Waals surface area contributed by atoms with Gasteiger partial charge in [0.25, 0.3) is 0 Å². The van der Waals surface area contributed by atoms with E-state index in [4.69, 9.17) is 0 Å². The lowest BCUT2D eigenvalue weighted by Gasteiger charge is -2.10. The summed E-state index contributed by atoms with van der Waals surface area (Å²) < 4.78 is 38.3. The molecule has 1 heterocycles. The van der Waals surface area contributed by atoms with E-state index in [9.17, 15) is 18.0 Å². The molecule has 0 amide bonds. The Labute approximate surface area is 120 Å². The van der Waals surface area contributed by atoms with Crippen LogP contribution in [-0.2, 0) is 6.18 Å². The van der Waals surface area contributed by atoms with Crippen LogP contribution in [-0.4, -0.2) is 5.78 Å². The molecule has 0 bridgehead atoms. The summed E-state index contributed by atoms with van der Waals surface area (Å²) in [6.45, 7) is 1.76. The van der Waals surface area contributed by atoms with Crippen LogP contribution in [0.1, 0.15) is 26.4 Å². The van der Waals surface area contributed by atoms with Crippen molar-refractivity contribution in [3.8, 4) is 0 Å². The molecule has 0 aliphatic heterocycles. The highest BCUT2D eigenvalue weighted by Gasteiger charge is 2.33. The van der Waals surface area contributed by atoms with E-state index >= 15 is 0 Å². The Morgan fingerprint density at radius 3 is 2.47 bits per heavy atom. The average Bonchev–Trinajstić information content (AvgIpc) is 2.73. The molecular weight excluding hydrogens is 341 g/mol. The van der Waals surface area contributed by atoms with Crippen molar-refractivity contribution in [2.45, 2.75) is 13.1 Å². The molecule has 1 aromatic heterocycles. The first-order valence-electron chi connectivity index (χ1n) is 5.26. The summed E-state index contributed by atoms with van der Waals surface area (Å²) in [5, 5.41) is 1.74. The van der Waals surface area contributed by atoms with Gasteiger partial charge in [-0.1, -0.05) is 15.9 Å². The number of carbonyl (C=O) groups excluding carboxylic acids is 1. The Morgan fingerprint density at radius 1 is 1.26 bits per heavy atom. The normalized spacial score (nSPS) is 11.6. The van der Waals surface area contributed by atoms with Gasteiger partial charge in [0.05, 0.1) is 10.4 Å². The SMILES string of the molecule is Cc1ccsc1C(=O)c1ccc(Br)c(C(F)(F)F)c1. The molecule has 0 unspecified atom stereocenters.